The summed E-state index contributed by atoms with van der Waals surface area (Å²) in [7, 11) is 0. The molecule has 24 heavy (non-hydrogen) atoms. The van der Waals surface area contributed by atoms with E-state index in [0.29, 0.717) is 17.6 Å². The SMILES string of the molecule is N#CCCN(C(=O)COc1ccc(C=O)cc1)c1ccccc1F. The van der Waals surface area contributed by atoms with Crippen LogP contribution in [0, 0.1) is 17.1 Å². The van der Waals surface area contributed by atoms with Crippen LogP contribution in [0.1, 0.15) is 16.8 Å². The van der Waals surface area contributed by atoms with E-state index in [4.69, 9.17) is 10.00 Å². The second-order valence-corrected chi connectivity index (χ2v) is 4.88. The Morgan fingerprint density at radius 2 is 1.92 bits per heavy atom. The Balaban J connectivity index is 2.08. The van der Waals surface area contributed by atoms with E-state index in [-0.39, 0.29) is 25.3 Å². The lowest BCUT2D eigenvalue weighted by Gasteiger charge is -2.22. The lowest BCUT2D eigenvalue weighted by molar-refractivity contribution is -0.120. The molecule has 0 saturated heterocycles. The molecule has 0 unspecified atom stereocenters. The number of rotatable bonds is 7. The van der Waals surface area contributed by atoms with Crippen molar-refractivity contribution in [2.75, 3.05) is 18.1 Å². The predicted octanol–water partition coefficient (Wildman–Crippen LogP) is 2.96. The Kier molecular flexibility index (Phi) is 6.03. The minimum Gasteiger partial charge on any atom is -0.484 e. The number of nitrogens with zero attached hydrogens (tertiary/aromatic N) is 2. The fourth-order valence-electron chi connectivity index (χ4n) is 2.08. The summed E-state index contributed by atoms with van der Waals surface area (Å²) in [4.78, 5) is 24.2. The van der Waals surface area contributed by atoms with Crippen molar-refractivity contribution >= 4 is 17.9 Å². The third kappa shape index (κ3) is 4.40. The van der Waals surface area contributed by atoms with Crippen molar-refractivity contribution < 1.29 is 18.7 Å². The second-order valence-electron chi connectivity index (χ2n) is 4.88. The summed E-state index contributed by atoms with van der Waals surface area (Å²) in [5, 5.41) is 8.73. The smallest absolute Gasteiger partial charge is 0.265 e. The van der Waals surface area contributed by atoms with E-state index >= 15 is 0 Å². The first-order valence-electron chi connectivity index (χ1n) is 7.25. The summed E-state index contributed by atoms with van der Waals surface area (Å²) in [6, 6.07) is 14.1. The standard InChI is InChI=1S/C18H15FN2O3/c19-16-4-1-2-5-17(16)21(11-3-10-20)18(23)13-24-15-8-6-14(12-22)7-9-15/h1-2,4-9,12H,3,11,13H2. The molecule has 2 aromatic carbocycles. The van der Waals surface area contributed by atoms with Crippen LogP contribution < -0.4 is 9.64 Å². The molecular formula is C18H15FN2O3. The number of halogens is 1. The molecule has 122 valence electrons. The maximum absolute atomic E-state index is 13.9. The molecule has 6 heteroatoms. The van der Waals surface area contributed by atoms with Gasteiger partial charge in [-0.25, -0.2) is 4.39 Å². The summed E-state index contributed by atoms with van der Waals surface area (Å²) < 4.78 is 19.3. The quantitative estimate of drug-likeness (QED) is 0.734. The number of hydrogen-bond acceptors (Lipinski definition) is 4. The van der Waals surface area contributed by atoms with Gasteiger partial charge < -0.3 is 9.64 Å². The maximum Gasteiger partial charge on any atom is 0.265 e. The van der Waals surface area contributed by atoms with Crippen molar-refractivity contribution in [3.05, 3.63) is 59.9 Å². The van der Waals surface area contributed by atoms with Gasteiger partial charge in [-0.05, 0) is 36.4 Å². The number of nitriles is 1. The maximum atomic E-state index is 13.9. The number of benzene rings is 2. The van der Waals surface area contributed by atoms with E-state index in [1.54, 1.807) is 30.3 Å². The van der Waals surface area contributed by atoms with Crippen molar-refractivity contribution in [1.82, 2.24) is 0 Å². The molecule has 0 spiro atoms. The van der Waals surface area contributed by atoms with Gasteiger partial charge in [-0.2, -0.15) is 5.26 Å². The average molecular weight is 326 g/mol. The molecule has 0 bridgehead atoms. The molecule has 0 saturated carbocycles. The van der Waals surface area contributed by atoms with E-state index in [1.807, 2.05) is 6.07 Å². The number of para-hydroxylation sites is 1. The van der Waals surface area contributed by atoms with Gasteiger partial charge in [-0.15, -0.1) is 0 Å². The molecule has 0 N–H and O–H groups in total. The van der Waals surface area contributed by atoms with Gasteiger partial charge in [0, 0.05) is 12.1 Å². The number of ether oxygens (including phenoxy) is 1. The van der Waals surface area contributed by atoms with Crippen LogP contribution in [-0.2, 0) is 4.79 Å². The average Bonchev–Trinajstić information content (AvgIpc) is 2.62. The molecule has 1 amide bonds. The zero-order chi connectivity index (χ0) is 17.4. The molecule has 0 aliphatic heterocycles. The lowest BCUT2D eigenvalue weighted by Crippen LogP contribution is -2.36. The summed E-state index contributed by atoms with van der Waals surface area (Å²) in [5.41, 5.74) is 0.605. The molecule has 2 aromatic rings. The van der Waals surface area contributed by atoms with E-state index < -0.39 is 11.7 Å². The largest absolute Gasteiger partial charge is 0.484 e. The van der Waals surface area contributed by atoms with Crippen molar-refractivity contribution in [3.63, 3.8) is 0 Å². The van der Waals surface area contributed by atoms with Crippen LogP contribution in [0.5, 0.6) is 5.75 Å². The van der Waals surface area contributed by atoms with Gasteiger partial charge in [0.15, 0.2) is 6.61 Å². The predicted molar refractivity (Wildman–Crippen MR) is 86.3 cm³/mol. The van der Waals surface area contributed by atoms with E-state index in [1.165, 1.54) is 23.1 Å². The van der Waals surface area contributed by atoms with E-state index in [9.17, 15) is 14.0 Å². The van der Waals surface area contributed by atoms with Crippen LogP contribution in [0.15, 0.2) is 48.5 Å². The highest BCUT2D eigenvalue weighted by Crippen LogP contribution is 2.19. The number of aldehydes is 1. The van der Waals surface area contributed by atoms with Crippen LogP contribution in [0.3, 0.4) is 0 Å². The summed E-state index contributed by atoms with van der Waals surface area (Å²) in [6.45, 7) is -0.232. The van der Waals surface area contributed by atoms with Crippen LogP contribution in [0.4, 0.5) is 10.1 Å². The van der Waals surface area contributed by atoms with Gasteiger partial charge in [-0.1, -0.05) is 12.1 Å². The Hall–Kier alpha value is -3.20. The number of carbonyl (C=O) groups excluding carboxylic acids is 2. The molecule has 0 radical (unpaired) electrons. The number of anilines is 1. The first-order valence-corrected chi connectivity index (χ1v) is 7.25. The number of carbonyl (C=O) groups is 2. The Bertz CT molecular complexity index is 754. The first kappa shape index (κ1) is 17.2. The molecule has 0 aliphatic carbocycles. The van der Waals surface area contributed by atoms with Gasteiger partial charge in [0.2, 0.25) is 0 Å². The summed E-state index contributed by atoms with van der Waals surface area (Å²) in [5.74, 6) is -0.586. The molecule has 0 aliphatic rings. The lowest BCUT2D eigenvalue weighted by atomic mass is 10.2. The zero-order valence-electron chi connectivity index (χ0n) is 12.8. The highest BCUT2D eigenvalue weighted by molar-refractivity contribution is 5.94. The Morgan fingerprint density at radius 1 is 1.21 bits per heavy atom. The number of hydrogen-bond donors (Lipinski definition) is 0. The molecule has 5 nitrogen and oxygen atoms in total. The molecule has 0 fully saturated rings. The number of amides is 1. The van der Waals surface area contributed by atoms with Crippen LogP contribution >= 0.6 is 0 Å². The van der Waals surface area contributed by atoms with Gasteiger partial charge in [-0.3, -0.25) is 9.59 Å². The second kappa shape index (κ2) is 8.44. The van der Waals surface area contributed by atoms with E-state index in [0.717, 1.165) is 0 Å². The molecule has 0 heterocycles. The zero-order valence-corrected chi connectivity index (χ0v) is 12.8. The summed E-state index contributed by atoms with van der Waals surface area (Å²) in [6.07, 6.45) is 0.783. The fraction of sp³-hybridized carbons (Fsp3) is 0.167. The normalized spacial score (nSPS) is 9.83. The minimum atomic E-state index is -0.542. The highest BCUT2D eigenvalue weighted by Gasteiger charge is 2.19. The molecular weight excluding hydrogens is 311 g/mol. The topological polar surface area (TPSA) is 70.4 Å². The molecule has 0 atom stereocenters. The van der Waals surface area contributed by atoms with Crippen molar-refractivity contribution in [2.45, 2.75) is 6.42 Å². The van der Waals surface area contributed by atoms with Gasteiger partial charge in [0.05, 0.1) is 18.2 Å². The monoisotopic (exact) mass is 326 g/mol. The first-order chi connectivity index (χ1) is 11.7. The molecule has 0 aromatic heterocycles. The fourth-order valence-corrected chi connectivity index (χ4v) is 2.08. The Labute approximate surface area is 138 Å². The van der Waals surface area contributed by atoms with Gasteiger partial charge in [0.1, 0.15) is 17.9 Å². The third-order valence-electron chi connectivity index (χ3n) is 3.27. The Morgan fingerprint density at radius 3 is 2.54 bits per heavy atom. The van der Waals surface area contributed by atoms with Gasteiger partial charge in [0.25, 0.3) is 5.91 Å². The van der Waals surface area contributed by atoms with Crippen LogP contribution in [-0.4, -0.2) is 25.3 Å². The van der Waals surface area contributed by atoms with Crippen molar-refractivity contribution in [3.8, 4) is 11.8 Å². The van der Waals surface area contributed by atoms with Gasteiger partial charge >= 0.3 is 0 Å². The highest BCUT2D eigenvalue weighted by atomic mass is 19.1. The van der Waals surface area contributed by atoms with Crippen molar-refractivity contribution in [2.24, 2.45) is 0 Å². The minimum absolute atomic E-state index is 0.0731. The van der Waals surface area contributed by atoms with Crippen LogP contribution in [0.2, 0.25) is 0 Å². The van der Waals surface area contributed by atoms with Crippen molar-refractivity contribution in [1.29, 1.82) is 5.26 Å². The van der Waals surface area contributed by atoms with E-state index in [2.05, 4.69) is 0 Å². The third-order valence-corrected chi connectivity index (χ3v) is 3.27. The van der Waals surface area contributed by atoms with Crippen LogP contribution in [0.25, 0.3) is 0 Å². The summed E-state index contributed by atoms with van der Waals surface area (Å²) >= 11 is 0. The molecule has 2 rings (SSSR count).